The van der Waals surface area contributed by atoms with Crippen molar-refractivity contribution in [1.82, 2.24) is 0 Å². The van der Waals surface area contributed by atoms with Crippen molar-refractivity contribution in [3.8, 4) is 22.3 Å². The average Bonchev–Trinajstić information content (AvgIpc) is 2.62. The third-order valence-corrected chi connectivity index (χ3v) is 4.33. The zero-order valence-corrected chi connectivity index (χ0v) is 13.2. The van der Waals surface area contributed by atoms with Gasteiger partial charge in [-0.25, -0.2) is 0 Å². The van der Waals surface area contributed by atoms with Gasteiger partial charge in [0.05, 0.1) is 0 Å². The van der Waals surface area contributed by atoms with Crippen LogP contribution in [-0.2, 0) is 0 Å². The van der Waals surface area contributed by atoms with E-state index < -0.39 is 0 Å². The fourth-order valence-electron chi connectivity index (χ4n) is 2.98. The van der Waals surface area contributed by atoms with Crippen LogP contribution in [0.1, 0.15) is 5.56 Å². The van der Waals surface area contributed by atoms with Crippen LogP contribution in [0.5, 0.6) is 0 Å². The van der Waals surface area contributed by atoms with Gasteiger partial charge in [-0.15, -0.1) is 0 Å². The number of hydrogen-bond donors (Lipinski definition) is 0. The van der Waals surface area contributed by atoms with E-state index in [0.29, 0.717) is 0 Å². The number of aryl methyl sites for hydroxylation is 1. The summed E-state index contributed by atoms with van der Waals surface area (Å²) in [6.07, 6.45) is 0. The van der Waals surface area contributed by atoms with E-state index in [9.17, 15) is 0 Å². The topological polar surface area (TPSA) is 0 Å². The minimum atomic E-state index is 1.26. The van der Waals surface area contributed by atoms with Gasteiger partial charge in [0.1, 0.15) is 0 Å². The Kier molecular flexibility index (Phi) is 3.44. The van der Waals surface area contributed by atoms with E-state index in [4.69, 9.17) is 0 Å². The Morgan fingerprint density at radius 2 is 0.957 bits per heavy atom. The standard InChI is InChI=1S/C23H18/c1-17-7-9-19(10-8-17)22-14-12-20-11-13-21(15-23(20)16-22)18-5-3-2-4-6-18/h2-16H,1H3. The molecule has 0 fully saturated rings. The van der Waals surface area contributed by atoms with Crippen LogP contribution in [0.4, 0.5) is 0 Å². The predicted molar refractivity (Wildman–Crippen MR) is 99.6 cm³/mol. The van der Waals surface area contributed by atoms with Crippen molar-refractivity contribution in [2.45, 2.75) is 6.92 Å². The van der Waals surface area contributed by atoms with Crippen molar-refractivity contribution in [2.24, 2.45) is 0 Å². The minimum Gasteiger partial charge on any atom is -0.0622 e. The van der Waals surface area contributed by atoms with Gasteiger partial charge < -0.3 is 0 Å². The maximum Gasteiger partial charge on any atom is -0.0172 e. The fraction of sp³-hybridized carbons (Fsp3) is 0.0435. The predicted octanol–water partition coefficient (Wildman–Crippen LogP) is 6.48. The molecular weight excluding hydrogens is 276 g/mol. The molecule has 0 heterocycles. The molecule has 23 heavy (non-hydrogen) atoms. The van der Waals surface area contributed by atoms with Crippen LogP contribution in [0.15, 0.2) is 91.0 Å². The normalized spacial score (nSPS) is 10.8. The first-order valence-corrected chi connectivity index (χ1v) is 7.96. The molecule has 110 valence electrons. The van der Waals surface area contributed by atoms with Gasteiger partial charge in [-0.3, -0.25) is 0 Å². The second-order valence-corrected chi connectivity index (χ2v) is 6.01. The highest BCUT2D eigenvalue weighted by atomic mass is 14.1. The van der Waals surface area contributed by atoms with Gasteiger partial charge in [-0.1, -0.05) is 84.4 Å². The van der Waals surface area contributed by atoms with Gasteiger partial charge in [-0.2, -0.15) is 0 Å². The first-order valence-electron chi connectivity index (χ1n) is 7.96. The van der Waals surface area contributed by atoms with Crippen LogP contribution in [0, 0.1) is 6.92 Å². The highest BCUT2D eigenvalue weighted by Crippen LogP contribution is 2.28. The van der Waals surface area contributed by atoms with Crippen LogP contribution >= 0.6 is 0 Å². The molecule has 0 saturated carbocycles. The Hall–Kier alpha value is -2.86. The molecule has 0 aromatic heterocycles. The van der Waals surface area contributed by atoms with Crippen LogP contribution in [-0.4, -0.2) is 0 Å². The van der Waals surface area contributed by atoms with Crippen molar-refractivity contribution in [1.29, 1.82) is 0 Å². The molecule has 0 aliphatic heterocycles. The molecular formula is C23H18. The van der Waals surface area contributed by atoms with Gasteiger partial charge in [0.25, 0.3) is 0 Å². The summed E-state index contributed by atoms with van der Waals surface area (Å²) in [7, 11) is 0. The van der Waals surface area contributed by atoms with E-state index >= 15 is 0 Å². The first-order chi connectivity index (χ1) is 11.3. The van der Waals surface area contributed by atoms with E-state index in [1.54, 1.807) is 0 Å². The molecule has 0 nitrogen and oxygen atoms in total. The van der Waals surface area contributed by atoms with Gasteiger partial charge in [0.15, 0.2) is 0 Å². The molecule has 0 amide bonds. The molecule has 0 bridgehead atoms. The van der Waals surface area contributed by atoms with Crippen molar-refractivity contribution in [3.63, 3.8) is 0 Å². The van der Waals surface area contributed by atoms with E-state index in [0.717, 1.165) is 0 Å². The summed E-state index contributed by atoms with van der Waals surface area (Å²) in [5.41, 5.74) is 6.35. The highest BCUT2D eigenvalue weighted by Gasteiger charge is 2.02. The summed E-state index contributed by atoms with van der Waals surface area (Å²) in [4.78, 5) is 0. The lowest BCUT2D eigenvalue weighted by Crippen LogP contribution is -1.82. The molecule has 0 atom stereocenters. The van der Waals surface area contributed by atoms with Crippen molar-refractivity contribution < 1.29 is 0 Å². The molecule has 0 N–H and O–H groups in total. The quantitative estimate of drug-likeness (QED) is 0.397. The summed E-state index contributed by atoms with van der Waals surface area (Å²) >= 11 is 0. The average molecular weight is 294 g/mol. The maximum atomic E-state index is 2.28. The molecule has 0 unspecified atom stereocenters. The number of rotatable bonds is 2. The van der Waals surface area contributed by atoms with Gasteiger partial charge in [0.2, 0.25) is 0 Å². The third-order valence-electron chi connectivity index (χ3n) is 4.33. The van der Waals surface area contributed by atoms with Crippen LogP contribution in [0.3, 0.4) is 0 Å². The minimum absolute atomic E-state index is 1.26. The SMILES string of the molecule is Cc1ccc(-c2ccc3ccc(-c4ccccc4)cc3c2)cc1. The van der Waals surface area contributed by atoms with Crippen LogP contribution in [0.25, 0.3) is 33.0 Å². The summed E-state index contributed by atoms with van der Waals surface area (Å²) in [5, 5.41) is 2.56. The molecule has 0 aliphatic rings. The Bertz CT molecular complexity index is 948. The van der Waals surface area contributed by atoms with E-state index in [1.165, 1.54) is 38.6 Å². The van der Waals surface area contributed by atoms with Gasteiger partial charge in [-0.05, 0) is 52.1 Å². The monoisotopic (exact) mass is 294 g/mol. The van der Waals surface area contributed by atoms with Crippen molar-refractivity contribution in [3.05, 3.63) is 96.6 Å². The van der Waals surface area contributed by atoms with Gasteiger partial charge >= 0.3 is 0 Å². The van der Waals surface area contributed by atoms with Crippen molar-refractivity contribution >= 4 is 10.8 Å². The molecule has 0 spiro atoms. The molecule has 0 saturated heterocycles. The summed E-state index contributed by atoms with van der Waals surface area (Å²) in [6, 6.07) is 32.6. The maximum absolute atomic E-state index is 2.28. The Labute approximate surface area is 137 Å². The molecule has 4 aromatic carbocycles. The third kappa shape index (κ3) is 2.76. The Morgan fingerprint density at radius 1 is 0.435 bits per heavy atom. The lowest BCUT2D eigenvalue weighted by Gasteiger charge is -2.07. The first kappa shape index (κ1) is 13.8. The van der Waals surface area contributed by atoms with E-state index in [2.05, 4.69) is 97.9 Å². The molecule has 0 heteroatoms. The second kappa shape index (κ2) is 5.73. The van der Waals surface area contributed by atoms with E-state index in [1.807, 2.05) is 0 Å². The number of benzene rings is 4. The summed E-state index contributed by atoms with van der Waals surface area (Å²) in [5.74, 6) is 0. The summed E-state index contributed by atoms with van der Waals surface area (Å²) < 4.78 is 0. The lowest BCUT2D eigenvalue weighted by molar-refractivity contribution is 1.47. The second-order valence-electron chi connectivity index (χ2n) is 6.01. The highest BCUT2D eigenvalue weighted by molar-refractivity contribution is 5.90. The number of hydrogen-bond acceptors (Lipinski definition) is 0. The molecule has 4 rings (SSSR count). The Balaban J connectivity index is 1.82. The molecule has 0 radical (unpaired) electrons. The largest absolute Gasteiger partial charge is 0.0622 e. The molecule has 0 aliphatic carbocycles. The van der Waals surface area contributed by atoms with Crippen LogP contribution < -0.4 is 0 Å². The van der Waals surface area contributed by atoms with Crippen molar-refractivity contribution in [2.75, 3.05) is 0 Å². The van der Waals surface area contributed by atoms with Crippen LogP contribution in [0.2, 0.25) is 0 Å². The zero-order chi connectivity index (χ0) is 15.6. The molecule has 4 aromatic rings. The Morgan fingerprint density at radius 3 is 1.57 bits per heavy atom. The summed E-state index contributed by atoms with van der Waals surface area (Å²) in [6.45, 7) is 2.12. The van der Waals surface area contributed by atoms with E-state index in [-0.39, 0.29) is 0 Å². The fourth-order valence-corrected chi connectivity index (χ4v) is 2.98. The number of fused-ring (bicyclic) bond motifs is 1. The van der Waals surface area contributed by atoms with Gasteiger partial charge in [0, 0.05) is 0 Å². The smallest absolute Gasteiger partial charge is 0.0172 e. The lowest BCUT2D eigenvalue weighted by atomic mass is 9.97. The zero-order valence-electron chi connectivity index (χ0n) is 13.2.